The van der Waals surface area contributed by atoms with Gasteiger partial charge in [0.2, 0.25) is 5.91 Å². The normalized spacial score (nSPS) is 14.6. The van der Waals surface area contributed by atoms with E-state index in [-0.39, 0.29) is 11.8 Å². The molecule has 0 bridgehead atoms. The number of amides is 2. The first kappa shape index (κ1) is 18.8. The summed E-state index contributed by atoms with van der Waals surface area (Å²) in [5, 5.41) is 14.1. The van der Waals surface area contributed by atoms with Crippen molar-refractivity contribution in [2.24, 2.45) is 0 Å². The number of anilines is 1. The highest BCUT2D eigenvalue weighted by Crippen LogP contribution is 2.18. The van der Waals surface area contributed by atoms with Gasteiger partial charge in [-0.2, -0.15) is 0 Å². The molecule has 0 unspecified atom stereocenters. The number of hydrogen-bond acceptors (Lipinski definition) is 5. The van der Waals surface area contributed by atoms with Crippen LogP contribution in [0.25, 0.3) is 0 Å². The average molecular weight is 390 g/mol. The number of aromatic nitrogens is 4. The van der Waals surface area contributed by atoms with E-state index in [9.17, 15) is 9.59 Å². The summed E-state index contributed by atoms with van der Waals surface area (Å²) in [5.74, 6) is -0.184. The molecule has 29 heavy (non-hydrogen) atoms. The van der Waals surface area contributed by atoms with Crippen molar-refractivity contribution in [2.45, 2.75) is 25.3 Å². The van der Waals surface area contributed by atoms with Crippen molar-refractivity contribution in [1.29, 1.82) is 0 Å². The Kier molecular flexibility index (Phi) is 5.60. The Morgan fingerprint density at radius 1 is 1.00 bits per heavy atom. The highest BCUT2D eigenvalue weighted by atomic mass is 16.2. The largest absolute Gasteiger partial charge is 0.339 e. The van der Waals surface area contributed by atoms with E-state index in [1.807, 2.05) is 35.2 Å². The van der Waals surface area contributed by atoms with Gasteiger partial charge in [-0.1, -0.05) is 30.3 Å². The van der Waals surface area contributed by atoms with Crippen LogP contribution in [0.2, 0.25) is 0 Å². The third-order valence-electron chi connectivity index (χ3n) is 5.05. The van der Waals surface area contributed by atoms with Crippen molar-refractivity contribution in [3.05, 3.63) is 72.1 Å². The Hall–Kier alpha value is -3.55. The van der Waals surface area contributed by atoms with Crippen molar-refractivity contribution in [1.82, 2.24) is 25.1 Å². The van der Waals surface area contributed by atoms with Crippen molar-refractivity contribution in [2.75, 3.05) is 18.4 Å². The predicted octanol–water partition coefficient (Wildman–Crippen LogP) is 2.33. The number of rotatable bonds is 6. The maximum absolute atomic E-state index is 12.9. The molecule has 2 amide bonds. The number of nitrogens with zero attached hydrogens (tertiary/aromatic N) is 5. The van der Waals surface area contributed by atoms with Crippen LogP contribution in [0.3, 0.4) is 0 Å². The molecule has 1 fully saturated rings. The van der Waals surface area contributed by atoms with E-state index >= 15 is 0 Å². The first-order chi connectivity index (χ1) is 14.2. The van der Waals surface area contributed by atoms with E-state index in [0.29, 0.717) is 17.7 Å². The minimum Gasteiger partial charge on any atom is -0.339 e. The monoisotopic (exact) mass is 390 g/mol. The van der Waals surface area contributed by atoms with Crippen LogP contribution in [0.4, 0.5) is 5.69 Å². The van der Waals surface area contributed by atoms with Gasteiger partial charge in [-0.05, 0) is 53.1 Å². The van der Waals surface area contributed by atoms with Gasteiger partial charge in [0, 0.05) is 30.8 Å². The summed E-state index contributed by atoms with van der Waals surface area (Å²) in [6.07, 6.45) is 4.01. The van der Waals surface area contributed by atoms with Crippen LogP contribution in [0.5, 0.6) is 0 Å². The summed E-state index contributed by atoms with van der Waals surface area (Å²) in [4.78, 5) is 27.3. The number of hydrogen-bond donors (Lipinski definition) is 1. The molecule has 2 aromatic carbocycles. The molecule has 1 N–H and O–H groups in total. The van der Waals surface area contributed by atoms with Crippen molar-refractivity contribution in [3.63, 3.8) is 0 Å². The van der Waals surface area contributed by atoms with E-state index in [1.165, 1.54) is 11.0 Å². The molecule has 0 radical (unpaired) electrons. The molecule has 0 spiro atoms. The van der Waals surface area contributed by atoms with Crippen molar-refractivity contribution >= 4 is 17.5 Å². The minimum atomic E-state index is -0.585. The Balaban J connectivity index is 1.46. The molecular formula is C21H22N6O2. The summed E-state index contributed by atoms with van der Waals surface area (Å²) >= 11 is 0. The van der Waals surface area contributed by atoms with Gasteiger partial charge >= 0.3 is 0 Å². The van der Waals surface area contributed by atoms with Gasteiger partial charge in [-0.3, -0.25) is 9.59 Å². The quantitative estimate of drug-likeness (QED) is 0.697. The van der Waals surface area contributed by atoms with Crippen LogP contribution < -0.4 is 5.32 Å². The molecule has 0 saturated carbocycles. The third-order valence-corrected chi connectivity index (χ3v) is 5.05. The fourth-order valence-corrected chi connectivity index (χ4v) is 3.48. The summed E-state index contributed by atoms with van der Waals surface area (Å²) in [5.41, 5.74) is 2.26. The Labute approximate surface area is 168 Å². The van der Waals surface area contributed by atoms with Crippen LogP contribution in [0, 0.1) is 0 Å². The predicted molar refractivity (Wildman–Crippen MR) is 107 cm³/mol. The highest BCUT2D eigenvalue weighted by molar-refractivity contribution is 5.96. The first-order valence-electron chi connectivity index (χ1n) is 9.67. The maximum Gasteiger partial charge on any atom is 0.253 e. The van der Waals surface area contributed by atoms with Crippen LogP contribution in [0.15, 0.2) is 60.9 Å². The molecule has 3 aromatic rings. The number of nitrogens with one attached hydrogen (secondary N) is 1. The maximum atomic E-state index is 12.9. The number of benzene rings is 2. The molecule has 8 heteroatoms. The minimum absolute atomic E-state index is 0.0380. The topological polar surface area (TPSA) is 93.0 Å². The second-order valence-electron chi connectivity index (χ2n) is 7.06. The molecular weight excluding hydrogens is 368 g/mol. The molecule has 8 nitrogen and oxygen atoms in total. The van der Waals surface area contributed by atoms with Gasteiger partial charge in [0.05, 0.1) is 0 Å². The zero-order valence-electron chi connectivity index (χ0n) is 15.9. The summed E-state index contributed by atoms with van der Waals surface area (Å²) in [7, 11) is 0. The Bertz CT molecular complexity index is 951. The van der Waals surface area contributed by atoms with Crippen LogP contribution in [0.1, 0.15) is 34.8 Å². The van der Waals surface area contributed by atoms with Crippen molar-refractivity contribution in [3.8, 4) is 0 Å². The van der Waals surface area contributed by atoms with Gasteiger partial charge in [0.1, 0.15) is 12.4 Å². The number of carbonyl (C=O) groups is 2. The molecule has 1 saturated heterocycles. The molecule has 148 valence electrons. The number of tetrazole rings is 1. The summed E-state index contributed by atoms with van der Waals surface area (Å²) in [6, 6.07) is 16.1. The first-order valence-corrected chi connectivity index (χ1v) is 9.67. The lowest BCUT2D eigenvalue weighted by atomic mass is 10.1. The smallest absolute Gasteiger partial charge is 0.253 e. The molecule has 4 rings (SSSR count). The van der Waals surface area contributed by atoms with Gasteiger partial charge in [0.25, 0.3) is 5.91 Å². The van der Waals surface area contributed by atoms with E-state index in [4.69, 9.17) is 0 Å². The zero-order valence-corrected chi connectivity index (χ0v) is 15.9. The molecule has 1 aliphatic heterocycles. The third kappa shape index (κ3) is 4.48. The number of likely N-dealkylation sites (tertiary alicyclic amines) is 1. The van der Waals surface area contributed by atoms with E-state index in [1.54, 1.807) is 24.3 Å². The second kappa shape index (κ2) is 8.64. The lowest BCUT2D eigenvalue weighted by Crippen LogP contribution is -2.29. The highest BCUT2D eigenvalue weighted by Gasteiger charge is 2.23. The van der Waals surface area contributed by atoms with Gasteiger partial charge in [-0.15, -0.1) is 5.10 Å². The molecule has 1 aliphatic rings. The van der Waals surface area contributed by atoms with Crippen LogP contribution in [-0.4, -0.2) is 50.0 Å². The zero-order chi connectivity index (χ0) is 20.1. The Morgan fingerprint density at radius 2 is 1.72 bits per heavy atom. The summed E-state index contributed by atoms with van der Waals surface area (Å²) in [6.45, 7) is 1.62. The Morgan fingerprint density at radius 3 is 2.38 bits per heavy atom. The lowest BCUT2D eigenvalue weighted by Gasteiger charge is -2.17. The van der Waals surface area contributed by atoms with Gasteiger partial charge in [-0.25, -0.2) is 4.68 Å². The van der Waals surface area contributed by atoms with E-state index in [2.05, 4.69) is 20.8 Å². The van der Waals surface area contributed by atoms with Gasteiger partial charge < -0.3 is 10.2 Å². The van der Waals surface area contributed by atoms with Gasteiger partial charge in [0.15, 0.2) is 0 Å². The average Bonchev–Trinajstić information content (AvgIpc) is 3.47. The van der Waals surface area contributed by atoms with Crippen molar-refractivity contribution < 1.29 is 9.59 Å². The molecule has 0 aliphatic carbocycles. The van der Waals surface area contributed by atoms with E-state index in [0.717, 1.165) is 31.5 Å². The van der Waals surface area contributed by atoms with Crippen LogP contribution in [-0.2, 0) is 11.2 Å². The lowest BCUT2D eigenvalue weighted by molar-refractivity contribution is -0.119. The number of carbonyl (C=O) groups excluding carboxylic acids is 2. The summed E-state index contributed by atoms with van der Waals surface area (Å²) < 4.78 is 1.45. The fraction of sp³-hybridized carbons (Fsp3) is 0.286. The van der Waals surface area contributed by atoms with E-state index < -0.39 is 6.04 Å². The SMILES string of the molecule is O=C(Nc1ccc(C(=O)N2CCCC2)cc1)[C@@H](Cc1ccccc1)n1cnnn1. The van der Waals surface area contributed by atoms with Crippen LogP contribution >= 0.6 is 0 Å². The molecule has 1 atom stereocenters. The second-order valence-corrected chi connectivity index (χ2v) is 7.06. The fourth-order valence-electron chi connectivity index (χ4n) is 3.48. The molecule has 2 heterocycles. The standard InChI is InChI=1S/C21H22N6O2/c28-20(19(27-15-22-24-25-27)14-16-6-2-1-3-7-16)23-18-10-8-17(9-11-18)21(29)26-12-4-5-13-26/h1-3,6-11,15,19H,4-5,12-14H2,(H,23,28)/t19-/m1/s1. The molecule has 1 aromatic heterocycles.